The van der Waals surface area contributed by atoms with E-state index in [-0.39, 0.29) is 6.42 Å². The summed E-state index contributed by atoms with van der Waals surface area (Å²) in [6, 6.07) is 9.09. The molecule has 0 bridgehead atoms. The number of carbonyl (C=O) groups is 3. The number of esters is 1. The van der Waals surface area contributed by atoms with Crippen LogP contribution in [0.15, 0.2) is 30.3 Å². The van der Waals surface area contributed by atoms with E-state index in [1.165, 1.54) is 0 Å². The Labute approximate surface area is 141 Å². The smallest absolute Gasteiger partial charge is 0.412 e. The summed E-state index contributed by atoms with van der Waals surface area (Å²) in [7, 11) is 0. The van der Waals surface area contributed by atoms with Gasteiger partial charge in [-0.1, -0.05) is 30.3 Å². The van der Waals surface area contributed by atoms with Crippen molar-refractivity contribution in [3.8, 4) is 0 Å². The molecular weight excluding hydrogens is 312 g/mol. The Kier molecular flexibility index (Phi) is 7.23. The normalized spacial score (nSPS) is 12.1. The lowest BCUT2D eigenvalue weighted by Crippen LogP contribution is -2.41. The summed E-state index contributed by atoms with van der Waals surface area (Å²) in [6.07, 6.45) is -0.844. The highest BCUT2D eigenvalue weighted by atomic mass is 16.6. The average Bonchev–Trinajstić information content (AvgIpc) is 2.42. The van der Waals surface area contributed by atoms with Crippen LogP contribution in [0.4, 0.5) is 9.59 Å². The first-order chi connectivity index (χ1) is 11.2. The minimum atomic E-state index is -1.17. The molecule has 0 aromatic heterocycles. The van der Waals surface area contributed by atoms with E-state index < -0.39 is 29.8 Å². The predicted octanol–water partition coefficient (Wildman–Crippen LogP) is 2.52. The Morgan fingerprint density at radius 2 is 1.79 bits per heavy atom. The van der Waals surface area contributed by atoms with E-state index in [1.807, 2.05) is 30.3 Å². The van der Waals surface area contributed by atoms with Crippen LogP contribution in [0.3, 0.4) is 0 Å². The molecule has 0 aliphatic carbocycles. The van der Waals surface area contributed by atoms with Gasteiger partial charge in [-0.2, -0.15) is 0 Å². The number of ether oxygens (including phenoxy) is 2. The maximum absolute atomic E-state index is 11.9. The Balaban J connectivity index is 2.65. The second-order valence-electron chi connectivity index (χ2n) is 6.36. The van der Waals surface area contributed by atoms with Crippen molar-refractivity contribution in [2.24, 2.45) is 5.73 Å². The molecule has 0 fully saturated rings. The van der Waals surface area contributed by atoms with Gasteiger partial charge in [-0.25, -0.2) is 9.59 Å². The van der Waals surface area contributed by atoms with Crippen LogP contribution in [0, 0.1) is 0 Å². The number of amides is 2. The highest BCUT2D eigenvalue weighted by molar-refractivity contribution is 5.84. The second kappa shape index (κ2) is 8.90. The molecule has 0 heterocycles. The molecule has 0 unspecified atom stereocenters. The van der Waals surface area contributed by atoms with Crippen LogP contribution in [0.5, 0.6) is 0 Å². The quantitative estimate of drug-likeness (QED) is 0.613. The van der Waals surface area contributed by atoms with E-state index in [9.17, 15) is 14.4 Å². The van der Waals surface area contributed by atoms with Crippen molar-refractivity contribution in [1.82, 2.24) is 5.32 Å². The van der Waals surface area contributed by atoms with E-state index >= 15 is 0 Å². The van der Waals surface area contributed by atoms with Crippen LogP contribution >= 0.6 is 0 Å². The minimum Gasteiger partial charge on any atom is -0.444 e. The van der Waals surface area contributed by atoms with E-state index in [2.05, 4.69) is 10.1 Å². The van der Waals surface area contributed by atoms with Crippen molar-refractivity contribution in [1.29, 1.82) is 0 Å². The summed E-state index contributed by atoms with van der Waals surface area (Å²) < 4.78 is 9.51. The van der Waals surface area contributed by atoms with Gasteiger partial charge in [-0.15, -0.1) is 0 Å². The fourth-order valence-corrected chi connectivity index (χ4v) is 2.04. The molecule has 0 saturated carbocycles. The fraction of sp³-hybridized carbons (Fsp3) is 0.471. The number of primary amides is 1. The first-order valence-corrected chi connectivity index (χ1v) is 7.69. The van der Waals surface area contributed by atoms with Crippen LogP contribution in [-0.2, 0) is 20.7 Å². The maximum atomic E-state index is 11.9. The van der Waals surface area contributed by atoms with Gasteiger partial charge in [0.25, 0.3) is 0 Å². The molecule has 1 atom stereocenters. The van der Waals surface area contributed by atoms with E-state index in [0.29, 0.717) is 12.8 Å². The third-order valence-corrected chi connectivity index (χ3v) is 2.97. The van der Waals surface area contributed by atoms with Gasteiger partial charge in [0.15, 0.2) is 0 Å². The number of carbonyl (C=O) groups excluding carboxylic acids is 3. The second-order valence-corrected chi connectivity index (χ2v) is 6.36. The van der Waals surface area contributed by atoms with Crippen molar-refractivity contribution in [3.05, 3.63) is 35.9 Å². The van der Waals surface area contributed by atoms with E-state index in [1.54, 1.807) is 20.8 Å². The van der Waals surface area contributed by atoms with Crippen molar-refractivity contribution < 1.29 is 23.9 Å². The van der Waals surface area contributed by atoms with E-state index in [0.717, 1.165) is 5.56 Å². The third kappa shape index (κ3) is 8.77. The third-order valence-electron chi connectivity index (χ3n) is 2.97. The van der Waals surface area contributed by atoms with Crippen LogP contribution in [0.25, 0.3) is 0 Å². The molecule has 0 saturated heterocycles. The summed E-state index contributed by atoms with van der Waals surface area (Å²) in [6.45, 7) is 5.23. The summed E-state index contributed by atoms with van der Waals surface area (Å²) in [5, 5.41) is 2.63. The summed E-state index contributed by atoms with van der Waals surface area (Å²) in [4.78, 5) is 34.2. The zero-order valence-electron chi connectivity index (χ0n) is 14.2. The molecule has 1 rings (SSSR count). The summed E-state index contributed by atoms with van der Waals surface area (Å²) >= 11 is 0. The fourth-order valence-electron chi connectivity index (χ4n) is 2.04. The van der Waals surface area contributed by atoms with Crippen molar-refractivity contribution in [3.63, 3.8) is 0 Å². The maximum Gasteiger partial charge on any atom is 0.412 e. The van der Waals surface area contributed by atoms with Gasteiger partial charge in [0, 0.05) is 6.04 Å². The van der Waals surface area contributed by atoms with Crippen LogP contribution in [-0.4, -0.2) is 29.8 Å². The lowest BCUT2D eigenvalue weighted by molar-refractivity contribution is -0.137. The molecule has 0 aliphatic rings. The number of hydrogen-bond acceptors (Lipinski definition) is 5. The molecule has 24 heavy (non-hydrogen) atoms. The topological polar surface area (TPSA) is 108 Å². The van der Waals surface area contributed by atoms with Gasteiger partial charge >= 0.3 is 18.2 Å². The molecule has 7 heteroatoms. The average molecular weight is 336 g/mol. The molecule has 0 spiro atoms. The lowest BCUT2D eigenvalue weighted by atomic mass is 10.0. The molecule has 1 aromatic rings. The summed E-state index contributed by atoms with van der Waals surface area (Å²) in [5.41, 5.74) is 5.24. The highest BCUT2D eigenvalue weighted by Gasteiger charge is 2.22. The largest absolute Gasteiger partial charge is 0.444 e. The summed E-state index contributed by atoms with van der Waals surface area (Å²) in [5.74, 6) is -0.795. The van der Waals surface area contributed by atoms with Gasteiger partial charge < -0.3 is 20.5 Å². The molecular formula is C17H24N2O5. The highest BCUT2D eigenvalue weighted by Crippen LogP contribution is 2.11. The molecule has 3 N–H and O–H groups in total. The Hall–Kier alpha value is -2.57. The number of hydrogen-bond donors (Lipinski definition) is 2. The van der Waals surface area contributed by atoms with Gasteiger partial charge in [0.2, 0.25) is 0 Å². The Morgan fingerprint density at radius 3 is 2.33 bits per heavy atom. The standard InChI is InChI=1S/C17H24N2O5/c1-17(2,3)24-16(22)19-13(11-14(20)23-15(18)21)10-9-12-7-5-4-6-8-12/h4-8,13H,9-11H2,1-3H3,(H2,18,21)(H,19,22)/t13-/m1/s1. The Morgan fingerprint density at radius 1 is 1.17 bits per heavy atom. The molecule has 7 nitrogen and oxygen atoms in total. The van der Waals surface area contributed by atoms with Crippen molar-refractivity contribution >= 4 is 18.2 Å². The lowest BCUT2D eigenvalue weighted by Gasteiger charge is -2.23. The Bertz CT molecular complexity index is 566. The van der Waals surface area contributed by atoms with Crippen molar-refractivity contribution in [2.75, 3.05) is 0 Å². The van der Waals surface area contributed by atoms with E-state index in [4.69, 9.17) is 10.5 Å². The SMILES string of the molecule is CC(C)(C)OC(=O)N[C@H](CCc1ccccc1)CC(=O)OC(N)=O. The first kappa shape index (κ1) is 19.5. The molecule has 132 valence electrons. The zero-order valence-corrected chi connectivity index (χ0v) is 14.2. The molecule has 0 aliphatic heterocycles. The van der Waals surface area contributed by atoms with Gasteiger partial charge in [-0.05, 0) is 39.2 Å². The van der Waals surface area contributed by atoms with Crippen LogP contribution in [0.1, 0.15) is 39.2 Å². The monoisotopic (exact) mass is 336 g/mol. The number of nitrogens with two attached hydrogens (primary N) is 1. The first-order valence-electron chi connectivity index (χ1n) is 7.69. The zero-order chi connectivity index (χ0) is 18.2. The molecule has 0 radical (unpaired) electrons. The van der Waals surface area contributed by atoms with Crippen LogP contribution < -0.4 is 11.1 Å². The minimum absolute atomic E-state index is 0.172. The number of nitrogens with one attached hydrogen (secondary N) is 1. The van der Waals surface area contributed by atoms with Crippen LogP contribution in [0.2, 0.25) is 0 Å². The van der Waals surface area contributed by atoms with Gasteiger partial charge in [-0.3, -0.25) is 4.79 Å². The predicted molar refractivity (Wildman–Crippen MR) is 88.2 cm³/mol. The van der Waals surface area contributed by atoms with Gasteiger partial charge in [0.1, 0.15) is 5.60 Å². The van der Waals surface area contributed by atoms with Crippen molar-refractivity contribution in [2.45, 2.75) is 51.7 Å². The molecule has 2 amide bonds. The molecule has 1 aromatic carbocycles. The number of benzene rings is 1. The number of aryl methyl sites for hydroxylation is 1. The number of alkyl carbamates (subject to hydrolysis) is 1. The van der Waals surface area contributed by atoms with Gasteiger partial charge in [0.05, 0.1) is 6.42 Å². The number of rotatable bonds is 6.